The van der Waals surface area contributed by atoms with E-state index in [1.165, 1.54) is 0 Å². The van der Waals surface area contributed by atoms with Crippen LogP contribution in [0.5, 0.6) is 0 Å². The van der Waals surface area contributed by atoms with E-state index in [1.807, 2.05) is 0 Å². The summed E-state index contributed by atoms with van der Waals surface area (Å²) in [6.45, 7) is 0. The van der Waals surface area contributed by atoms with Gasteiger partial charge in [-0.2, -0.15) is 0 Å². The molecule has 1 aromatic rings. The Bertz CT molecular complexity index is 178. The second kappa shape index (κ2) is 6.19. The summed E-state index contributed by atoms with van der Waals surface area (Å²) in [7, 11) is 0. The Morgan fingerprint density at radius 2 is 2.10 bits per heavy atom. The van der Waals surface area contributed by atoms with Crippen molar-refractivity contribution in [2.45, 2.75) is 0 Å². The molecule has 0 bridgehead atoms. The van der Waals surface area contributed by atoms with Crippen LogP contribution in [0.3, 0.4) is 0 Å². The number of hydrogen-bond donors (Lipinski definition) is 1. The average Bonchev–Trinajstić information content (AvgIpc) is 1.90. The number of aromatic nitrogens is 1. The molecule has 0 amide bonds. The standard InChI is InChI=1S/C6H5NO.ClH.H3N/c8-5-6-3-1-2-4-7-6;;/h1-5H;1H;1H3. The lowest BCUT2D eigenvalue weighted by Gasteiger charge is -1.81. The van der Waals surface area contributed by atoms with Crippen molar-refractivity contribution in [3.8, 4) is 0 Å². The highest BCUT2D eigenvalue weighted by atomic mass is 35.5. The van der Waals surface area contributed by atoms with Crippen LogP contribution in [0.25, 0.3) is 0 Å². The third kappa shape index (κ3) is 3.17. The third-order valence-corrected chi connectivity index (χ3v) is 0.809. The maximum absolute atomic E-state index is 9.94. The summed E-state index contributed by atoms with van der Waals surface area (Å²) >= 11 is 0. The van der Waals surface area contributed by atoms with Crippen molar-refractivity contribution in [3.05, 3.63) is 30.1 Å². The summed E-state index contributed by atoms with van der Waals surface area (Å²) in [5, 5.41) is 0. The summed E-state index contributed by atoms with van der Waals surface area (Å²) in [4.78, 5) is 13.7. The number of halogens is 1. The van der Waals surface area contributed by atoms with Crippen LogP contribution in [-0.2, 0) is 0 Å². The zero-order valence-corrected chi connectivity index (χ0v) is 6.17. The van der Waals surface area contributed by atoms with E-state index in [2.05, 4.69) is 4.98 Å². The van der Waals surface area contributed by atoms with Crippen LogP contribution in [0.4, 0.5) is 0 Å². The lowest BCUT2D eigenvalue weighted by Crippen LogP contribution is -1.80. The van der Waals surface area contributed by atoms with E-state index in [1.54, 1.807) is 24.4 Å². The second-order valence-corrected chi connectivity index (χ2v) is 1.37. The molecule has 0 spiro atoms. The number of rotatable bonds is 1. The summed E-state index contributed by atoms with van der Waals surface area (Å²) in [5.41, 5.74) is 0.479. The van der Waals surface area contributed by atoms with Crippen molar-refractivity contribution in [2.75, 3.05) is 0 Å². The maximum Gasteiger partial charge on any atom is 0.168 e. The first kappa shape index (κ1) is 11.8. The first-order valence-electron chi connectivity index (χ1n) is 2.29. The topological polar surface area (TPSA) is 65.0 Å². The number of carbonyl (C=O) groups excluding carboxylic acids is 1. The molecular weight excluding hydrogens is 152 g/mol. The van der Waals surface area contributed by atoms with Crippen molar-refractivity contribution >= 4 is 18.7 Å². The Morgan fingerprint density at radius 3 is 2.40 bits per heavy atom. The molecule has 1 aromatic heterocycles. The molecule has 56 valence electrons. The van der Waals surface area contributed by atoms with E-state index in [9.17, 15) is 4.79 Å². The second-order valence-electron chi connectivity index (χ2n) is 1.37. The smallest absolute Gasteiger partial charge is 0.168 e. The van der Waals surface area contributed by atoms with Crippen LogP contribution < -0.4 is 6.15 Å². The molecule has 0 aliphatic rings. The highest BCUT2D eigenvalue weighted by molar-refractivity contribution is 5.85. The molecule has 4 heteroatoms. The Labute approximate surface area is 65.5 Å². The van der Waals surface area contributed by atoms with Gasteiger partial charge in [0.05, 0.1) is 0 Å². The molecule has 3 nitrogen and oxygen atoms in total. The lowest BCUT2D eigenvalue weighted by atomic mass is 10.4. The molecule has 0 aliphatic carbocycles. The van der Waals surface area contributed by atoms with E-state index in [-0.39, 0.29) is 18.6 Å². The van der Waals surface area contributed by atoms with Gasteiger partial charge < -0.3 is 6.15 Å². The largest absolute Gasteiger partial charge is 0.344 e. The molecule has 10 heavy (non-hydrogen) atoms. The van der Waals surface area contributed by atoms with Gasteiger partial charge in [0, 0.05) is 6.20 Å². The van der Waals surface area contributed by atoms with Gasteiger partial charge in [-0.3, -0.25) is 9.78 Å². The van der Waals surface area contributed by atoms with Crippen molar-refractivity contribution in [3.63, 3.8) is 0 Å². The van der Waals surface area contributed by atoms with Crippen molar-refractivity contribution in [1.82, 2.24) is 11.1 Å². The van der Waals surface area contributed by atoms with Gasteiger partial charge in [-0.1, -0.05) is 6.07 Å². The normalized spacial score (nSPS) is 6.80. The minimum absolute atomic E-state index is 0. The predicted molar refractivity (Wildman–Crippen MR) is 41.9 cm³/mol. The van der Waals surface area contributed by atoms with Crippen molar-refractivity contribution in [2.24, 2.45) is 0 Å². The number of carbonyl (C=O) groups is 1. The summed E-state index contributed by atoms with van der Waals surface area (Å²) < 4.78 is 0. The highest BCUT2D eigenvalue weighted by Gasteiger charge is 1.81. The van der Waals surface area contributed by atoms with E-state index in [4.69, 9.17) is 0 Å². The molecule has 0 fully saturated rings. The molecule has 0 aliphatic heterocycles. The zero-order chi connectivity index (χ0) is 5.82. The first-order chi connectivity index (χ1) is 3.93. The van der Waals surface area contributed by atoms with Gasteiger partial charge in [0.2, 0.25) is 0 Å². The molecule has 0 atom stereocenters. The van der Waals surface area contributed by atoms with Crippen LogP contribution in [-0.4, -0.2) is 11.3 Å². The molecule has 1 heterocycles. The number of aldehydes is 1. The molecule has 0 radical (unpaired) electrons. The minimum atomic E-state index is 0. The maximum atomic E-state index is 9.94. The molecule has 0 saturated heterocycles. The number of hydrogen-bond acceptors (Lipinski definition) is 3. The van der Waals surface area contributed by atoms with Gasteiger partial charge in [0.15, 0.2) is 6.29 Å². The van der Waals surface area contributed by atoms with Crippen LogP contribution in [0.15, 0.2) is 24.4 Å². The predicted octanol–water partition coefficient (Wildman–Crippen LogP) is 1.48. The molecule has 0 saturated carbocycles. The quantitative estimate of drug-likeness (QED) is 0.633. The average molecular weight is 161 g/mol. The Kier molecular flexibility index (Phi) is 7.32. The fourth-order valence-electron chi connectivity index (χ4n) is 0.446. The van der Waals surface area contributed by atoms with Crippen molar-refractivity contribution in [1.29, 1.82) is 0 Å². The van der Waals surface area contributed by atoms with Gasteiger partial charge >= 0.3 is 0 Å². The van der Waals surface area contributed by atoms with E-state index < -0.39 is 0 Å². The Balaban J connectivity index is 0. The number of pyridine rings is 1. The van der Waals surface area contributed by atoms with Crippen LogP contribution >= 0.6 is 12.4 Å². The van der Waals surface area contributed by atoms with Crippen molar-refractivity contribution < 1.29 is 4.79 Å². The Hall–Kier alpha value is -0.930. The number of nitrogens with zero attached hydrogens (tertiary/aromatic N) is 1. The molecule has 1 rings (SSSR count). The Morgan fingerprint density at radius 1 is 1.40 bits per heavy atom. The zero-order valence-electron chi connectivity index (χ0n) is 5.36. The van der Waals surface area contributed by atoms with Gasteiger partial charge in [0.25, 0.3) is 0 Å². The molecular formula is C6H9ClN2O. The van der Waals surface area contributed by atoms with Gasteiger partial charge in [0.1, 0.15) is 5.69 Å². The van der Waals surface area contributed by atoms with Crippen LogP contribution in [0.2, 0.25) is 0 Å². The van der Waals surface area contributed by atoms with Gasteiger partial charge in [-0.25, -0.2) is 0 Å². The van der Waals surface area contributed by atoms with Gasteiger partial charge in [-0.15, -0.1) is 12.4 Å². The summed E-state index contributed by atoms with van der Waals surface area (Å²) in [6.07, 6.45) is 2.31. The lowest BCUT2D eigenvalue weighted by molar-refractivity contribution is 0.111. The van der Waals surface area contributed by atoms with E-state index in [0.717, 1.165) is 6.29 Å². The van der Waals surface area contributed by atoms with E-state index in [0.29, 0.717) is 5.69 Å². The minimum Gasteiger partial charge on any atom is -0.344 e. The first-order valence-corrected chi connectivity index (χ1v) is 2.29. The fraction of sp³-hybridized carbons (Fsp3) is 0. The third-order valence-electron chi connectivity index (χ3n) is 0.809. The van der Waals surface area contributed by atoms with E-state index >= 15 is 0 Å². The molecule has 3 N–H and O–H groups in total. The highest BCUT2D eigenvalue weighted by Crippen LogP contribution is 1.85. The molecule has 0 unspecified atom stereocenters. The summed E-state index contributed by atoms with van der Waals surface area (Å²) in [5.74, 6) is 0. The van der Waals surface area contributed by atoms with Gasteiger partial charge in [-0.05, 0) is 12.1 Å². The SMILES string of the molecule is Cl.N.O=Cc1ccccn1. The fourth-order valence-corrected chi connectivity index (χ4v) is 0.446. The van der Waals surface area contributed by atoms with Crippen LogP contribution in [0, 0.1) is 0 Å². The molecule has 0 aromatic carbocycles. The van der Waals surface area contributed by atoms with Crippen LogP contribution in [0.1, 0.15) is 10.5 Å². The summed E-state index contributed by atoms with van der Waals surface area (Å²) in [6, 6.07) is 5.21. The monoisotopic (exact) mass is 160 g/mol.